The Labute approximate surface area is 101 Å². The fraction of sp³-hybridized carbons (Fsp3) is 0.667. The van der Waals surface area contributed by atoms with E-state index in [2.05, 4.69) is 10.3 Å². The number of carbonyl (C=O) groups is 1. The van der Waals surface area contributed by atoms with Gasteiger partial charge in [0.05, 0.1) is 18.8 Å². The van der Waals surface area contributed by atoms with Crippen LogP contribution < -0.4 is 5.32 Å². The number of aromatic nitrogens is 1. The lowest BCUT2D eigenvalue weighted by Crippen LogP contribution is -2.46. The summed E-state index contributed by atoms with van der Waals surface area (Å²) in [6.07, 6.45) is 6.55. The molecule has 2 rings (SSSR count). The fourth-order valence-corrected chi connectivity index (χ4v) is 2.06. The minimum absolute atomic E-state index is 0.168. The molecule has 0 aliphatic carbocycles. The topological polar surface area (TPSA) is 58.4 Å². The van der Waals surface area contributed by atoms with Crippen molar-refractivity contribution in [1.29, 1.82) is 0 Å². The van der Waals surface area contributed by atoms with Crippen molar-refractivity contribution in [3.63, 3.8) is 0 Å². The molecule has 1 unspecified atom stereocenters. The van der Waals surface area contributed by atoms with Gasteiger partial charge >= 0.3 is 0 Å². The highest BCUT2D eigenvalue weighted by molar-refractivity contribution is 5.81. The number of carbonyl (C=O) groups excluding carboxylic acids is 1. The maximum Gasteiger partial charge on any atom is 0.239 e. The highest BCUT2D eigenvalue weighted by atomic mass is 16.3. The van der Waals surface area contributed by atoms with E-state index in [0.717, 1.165) is 31.7 Å². The molecule has 1 saturated heterocycles. The molecular formula is C12H19N3O2. The van der Waals surface area contributed by atoms with Crippen LogP contribution in [-0.4, -0.2) is 34.9 Å². The van der Waals surface area contributed by atoms with Crippen LogP contribution >= 0.6 is 0 Å². The van der Waals surface area contributed by atoms with E-state index in [-0.39, 0.29) is 11.9 Å². The molecule has 5 nitrogen and oxygen atoms in total. The number of hydrogen-bond acceptors (Lipinski definition) is 4. The van der Waals surface area contributed by atoms with E-state index in [1.165, 1.54) is 12.8 Å². The summed E-state index contributed by atoms with van der Waals surface area (Å²) in [6.45, 7) is 4.23. The smallest absolute Gasteiger partial charge is 0.239 e. The van der Waals surface area contributed by atoms with Crippen LogP contribution in [0.5, 0.6) is 0 Å². The summed E-state index contributed by atoms with van der Waals surface area (Å²) in [5, 5.41) is 3.16. The van der Waals surface area contributed by atoms with Crippen molar-refractivity contribution in [2.45, 2.75) is 38.8 Å². The van der Waals surface area contributed by atoms with Gasteiger partial charge in [0.2, 0.25) is 5.91 Å². The van der Waals surface area contributed by atoms with Gasteiger partial charge in [-0.3, -0.25) is 10.1 Å². The van der Waals surface area contributed by atoms with Gasteiger partial charge in [0.25, 0.3) is 0 Å². The first-order valence-corrected chi connectivity index (χ1v) is 6.17. The highest BCUT2D eigenvalue weighted by Gasteiger charge is 2.21. The minimum atomic E-state index is -0.168. The van der Waals surface area contributed by atoms with Crippen LogP contribution in [0.1, 0.15) is 31.9 Å². The standard InChI is InChI=1S/C12H19N3O2/c1-10(14-8-11-7-13-9-17-11)12(16)15-5-3-2-4-6-15/h7,9-10,14H,2-6,8H2,1H3. The molecule has 1 atom stereocenters. The summed E-state index contributed by atoms with van der Waals surface area (Å²) in [6, 6.07) is -0.168. The molecule has 1 aliphatic rings. The summed E-state index contributed by atoms with van der Waals surface area (Å²) >= 11 is 0. The van der Waals surface area contributed by atoms with E-state index >= 15 is 0 Å². The van der Waals surface area contributed by atoms with Gasteiger partial charge in [-0.25, -0.2) is 4.98 Å². The van der Waals surface area contributed by atoms with Crippen molar-refractivity contribution in [1.82, 2.24) is 15.2 Å². The lowest BCUT2D eigenvalue weighted by atomic mass is 10.1. The number of rotatable bonds is 4. The fourth-order valence-electron chi connectivity index (χ4n) is 2.06. The van der Waals surface area contributed by atoms with Gasteiger partial charge in [-0.05, 0) is 26.2 Å². The zero-order valence-corrected chi connectivity index (χ0v) is 10.2. The molecule has 2 heterocycles. The molecule has 1 fully saturated rings. The largest absolute Gasteiger partial charge is 0.447 e. The van der Waals surface area contributed by atoms with Gasteiger partial charge in [-0.15, -0.1) is 0 Å². The zero-order valence-electron chi connectivity index (χ0n) is 10.2. The molecule has 1 amide bonds. The molecule has 0 radical (unpaired) electrons. The quantitative estimate of drug-likeness (QED) is 0.854. The van der Waals surface area contributed by atoms with Crippen molar-refractivity contribution in [2.75, 3.05) is 13.1 Å². The predicted octanol–water partition coefficient (Wildman–Crippen LogP) is 1.17. The van der Waals surface area contributed by atoms with Crippen molar-refractivity contribution >= 4 is 5.91 Å². The SMILES string of the molecule is CC(NCc1cnco1)C(=O)N1CCCCC1. The number of hydrogen-bond donors (Lipinski definition) is 1. The van der Waals surface area contributed by atoms with E-state index in [4.69, 9.17) is 4.42 Å². The Morgan fingerprint density at radius 1 is 1.53 bits per heavy atom. The van der Waals surface area contributed by atoms with Crippen LogP contribution in [0.3, 0.4) is 0 Å². The van der Waals surface area contributed by atoms with Crippen molar-refractivity contribution in [2.24, 2.45) is 0 Å². The number of piperidine rings is 1. The normalized spacial score (nSPS) is 18.1. The van der Waals surface area contributed by atoms with Gasteiger partial charge in [0, 0.05) is 13.1 Å². The Balaban J connectivity index is 1.78. The van der Waals surface area contributed by atoms with E-state index in [1.54, 1.807) is 6.20 Å². The molecule has 94 valence electrons. The van der Waals surface area contributed by atoms with Gasteiger partial charge in [-0.2, -0.15) is 0 Å². The van der Waals surface area contributed by atoms with E-state index in [0.29, 0.717) is 6.54 Å². The van der Waals surface area contributed by atoms with Crippen LogP contribution in [-0.2, 0) is 11.3 Å². The van der Waals surface area contributed by atoms with Gasteiger partial charge in [-0.1, -0.05) is 0 Å². The van der Waals surface area contributed by atoms with E-state index < -0.39 is 0 Å². The summed E-state index contributed by atoms with van der Waals surface area (Å²) in [5.41, 5.74) is 0. The van der Waals surface area contributed by atoms with Gasteiger partial charge in [0.15, 0.2) is 6.39 Å². The average molecular weight is 237 g/mol. The Kier molecular flexibility index (Phi) is 4.14. The first-order chi connectivity index (χ1) is 8.27. The third kappa shape index (κ3) is 3.30. The second kappa shape index (κ2) is 5.82. The van der Waals surface area contributed by atoms with E-state index in [1.807, 2.05) is 11.8 Å². The third-order valence-electron chi connectivity index (χ3n) is 3.10. The summed E-state index contributed by atoms with van der Waals surface area (Å²) in [7, 11) is 0. The molecular weight excluding hydrogens is 218 g/mol. The van der Waals surface area contributed by atoms with Gasteiger partial charge < -0.3 is 9.32 Å². The maximum atomic E-state index is 12.1. The van der Waals surface area contributed by atoms with Crippen LogP contribution in [0.4, 0.5) is 0 Å². The Hall–Kier alpha value is -1.36. The molecule has 0 saturated carbocycles. The lowest BCUT2D eigenvalue weighted by Gasteiger charge is -2.29. The minimum Gasteiger partial charge on any atom is -0.447 e. The Morgan fingerprint density at radius 3 is 2.94 bits per heavy atom. The first-order valence-electron chi connectivity index (χ1n) is 6.17. The number of likely N-dealkylation sites (tertiary alicyclic amines) is 1. The lowest BCUT2D eigenvalue weighted by molar-refractivity contribution is -0.134. The molecule has 1 aromatic rings. The molecule has 0 aromatic carbocycles. The van der Waals surface area contributed by atoms with Crippen LogP contribution in [0.2, 0.25) is 0 Å². The monoisotopic (exact) mass is 237 g/mol. The molecule has 5 heteroatoms. The molecule has 0 spiro atoms. The molecule has 1 aromatic heterocycles. The van der Waals surface area contributed by atoms with Crippen LogP contribution in [0.15, 0.2) is 17.0 Å². The molecule has 1 N–H and O–H groups in total. The molecule has 1 aliphatic heterocycles. The van der Waals surface area contributed by atoms with Crippen LogP contribution in [0, 0.1) is 0 Å². The Bertz CT molecular complexity index is 345. The number of oxazole rings is 1. The maximum absolute atomic E-state index is 12.1. The highest BCUT2D eigenvalue weighted by Crippen LogP contribution is 2.10. The second-order valence-electron chi connectivity index (χ2n) is 4.46. The number of nitrogens with one attached hydrogen (secondary N) is 1. The molecule has 0 bridgehead atoms. The number of nitrogens with zero attached hydrogens (tertiary/aromatic N) is 2. The van der Waals surface area contributed by atoms with Crippen molar-refractivity contribution < 1.29 is 9.21 Å². The third-order valence-corrected chi connectivity index (χ3v) is 3.10. The Morgan fingerprint density at radius 2 is 2.29 bits per heavy atom. The average Bonchev–Trinajstić information content (AvgIpc) is 2.89. The first kappa shape index (κ1) is 12.1. The van der Waals surface area contributed by atoms with Gasteiger partial charge in [0.1, 0.15) is 5.76 Å². The summed E-state index contributed by atoms with van der Waals surface area (Å²) in [5.74, 6) is 0.938. The number of amides is 1. The van der Waals surface area contributed by atoms with Crippen LogP contribution in [0.25, 0.3) is 0 Å². The second-order valence-corrected chi connectivity index (χ2v) is 4.46. The zero-order chi connectivity index (χ0) is 12.1. The van der Waals surface area contributed by atoms with Crippen molar-refractivity contribution in [3.8, 4) is 0 Å². The van der Waals surface area contributed by atoms with Crippen molar-refractivity contribution in [3.05, 3.63) is 18.4 Å². The summed E-state index contributed by atoms with van der Waals surface area (Å²) < 4.78 is 5.11. The summed E-state index contributed by atoms with van der Waals surface area (Å²) in [4.78, 5) is 17.9. The molecule has 17 heavy (non-hydrogen) atoms. The van der Waals surface area contributed by atoms with E-state index in [9.17, 15) is 4.79 Å². The predicted molar refractivity (Wildman–Crippen MR) is 63.2 cm³/mol.